The van der Waals surface area contributed by atoms with Gasteiger partial charge in [0.1, 0.15) is 17.9 Å². The SMILES string of the molecule is N#Cc1cnc2c(N3CCc4c(-c5cccc(O)c5F)cccc43)ncnc2c1. The summed E-state index contributed by atoms with van der Waals surface area (Å²) in [5, 5.41) is 18.9. The molecule has 0 fully saturated rings. The molecule has 29 heavy (non-hydrogen) atoms. The number of phenolic OH excluding ortho intramolecular Hbond substituents is 1. The number of aromatic nitrogens is 3. The number of anilines is 2. The van der Waals surface area contributed by atoms with Crippen LogP contribution in [0.15, 0.2) is 55.0 Å². The van der Waals surface area contributed by atoms with Gasteiger partial charge in [0.15, 0.2) is 17.4 Å². The smallest absolute Gasteiger partial charge is 0.172 e. The van der Waals surface area contributed by atoms with Crippen LogP contribution >= 0.6 is 0 Å². The largest absolute Gasteiger partial charge is 0.505 e. The molecule has 2 aromatic heterocycles. The number of benzene rings is 2. The third kappa shape index (κ3) is 2.65. The van der Waals surface area contributed by atoms with Gasteiger partial charge in [-0.15, -0.1) is 0 Å². The minimum absolute atomic E-state index is 0.366. The van der Waals surface area contributed by atoms with E-state index in [0.717, 1.165) is 16.8 Å². The molecule has 1 N–H and O–H groups in total. The molecule has 4 aromatic rings. The molecule has 1 aliphatic rings. The Morgan fingerprint density at radius 3 is 2.76 bits per heavy atom. The minimum Gasteiger partial charge on any atom is -0.505 e. The maximum Gasteiger partial charge on any atom is 0.172 e. The third-order valence-corrected chi connectivity index (χ3v) is 5.14. The Labute approximate surface area is 165 Å². The number of halogens is 1. The molecule has 3 heterocycles. The van der Waals surface area contributed by atoms with Gasteiger partial charge in [-0.05, 0) is 35.7 Å². The second kappa shape index (κ2) is 6.53. The first kappa shape index (κ1) is 17.1. The van der Waals surface area contributed by atoms with Crippen molar-refractivity contribution in [3.8, 4) is 22.9 Å². The lowest BCUT2D eigenvalue weighted by Crippen LogP contribution is -2.15. The number of phenols is 1. The highest BCUT2D eigenvalue weighted by Gasteiger charge is 2.27. The number of aromatic hydroxyl groups is 1. The lowest BCUT2D eigenvalue weighted by atomic mass is 9.97. The first-order valence-electron chi connectivity index (χ1n) is 9.05. The molecule has 140 valence electrons. The van der Waals surface area contributed by atoms with Crippen LogP contribution in [0.1, 0.15) is 11.1 Å². The van der Waals surface area contributed by atoms with E-state index in [9.17, 15) is 9.50 Å². The van der Waals surface area contributed by atoms with Crippen LogP contribution < -0.4 is 4.90 Å². The molecular formula is C22H14FN5O. The van der Waals surface area contributed by atoms with Gasteiger partial charge in [0.05, 0.1) is 11.1 Å². The average molecular weight is 383 g/mol. The van der Waals surface area contributed by atoms with Crippen LogP contribution in [0.2, 0.25) is 0 Å². The van der Waals surface area contributed by atoms with Crippen LogP contribution in [0.4, 0.5) is 15.9 Å². The summed E-state index contributed by atoms with van der Waals surface area (Å²) in [5.74, 6) is -0.349. The lowest BCUT2D eigenvalue weighted by molar-refractivity contribution is 0.433. The third-order valence-electron chi connectivity index (χ3n) is 5.14. The second-order valence-corrected chi connectivity index (χ2v) is 6.74. The molecule has 0 spiro atoms. The van der Waals surface area contributed by atoms with Crippen molar-refractivity contribution in [1.29, 1.82) is 5.26 Å². The zero-order valence-corrected chi connectivity index (χ0v) is 15.2. The van der Waals surface area contributed by atoms with Crippen molar-refractivity contribution in [2.45, 2.75) is 6.42 Å². The normalized spacial score (nSPS) is 12.8. The van der Waals surface area contributed by atoms with Gasteiger partial charge in [-0.25, -0.2) is 19.3 Å². The van der Waals surface area contributed by atoms with Crippen molar-refractivity contribution >= 4 is 22.5 Å². The van der Waals surface area contributed by atoms with Gasteiger partial charge in [-0.1, -0.05) is 24.3 Å². The highest BCUT2D eigenvalue weighted by Crippen LogP contribution is 2.42. The van der Waals surface area contributed by atoms with Crippen molar-refractivity contribution in [1.82, 2.24) is 15.0 Å². The van der Waals surface area contributed by atoms with Crippen molar-refractivity contribution in [3.63, 3.8) is 0 Å². The van der Waals surface area contributed by atoms with E-state index >= 15 is 0 Å². The summed E-state index contributed by atoms with van der Waals surface area (Å²) in [6, 6.07) is 14.1. The Balaban J connectivity index is 1.66. The summed E-state index contributed by atoms with van der Waals surface area (Å²) < 4.78 is 14.5. The van der Waals surface area contributed by atoms with Gasteiger partial charge in [0, 0.05) is 24.0 Å². The van der Waals surface area contributed by atoms with Crippen LogP contribution in [-0.4, -0.2) is 26.6 Å². The Bertz CT molecular complexity index is 1310. The van der Waals surface area contributed by atoms with Crippen molar-refractivity contribution in [2.24, 2.45) is 0 Å². The highest BCUT2D eigenvalue weighted by molar-refractivity contribution is 5.91. The summed E-state index contributed by atoms with van der Waals surface area (Å²) in [5.41, 5.74) is 4.65. The van der Waals surface area contributed by atoms with E-state index in [2.05, 4.69) is 21.0 Å². The fourth-order valence-corrected chi connectivity index (χ4v) is 3.82. The molecule has 5 rings (SSSR count). The molecule has 0 bridgehead atoms. The fourth-order valence-electron chi connectivity index (χ4n) is 3.82. The van der Waals surface area contributed by atoms with E-state index in [1.54, 1.807) is 18.2 Å². The predicted molar refractivity (Wildman–Crippen MR) is 106 cm³/mol. The van der Waals surface area contributed by atoms with Crippen molar-refractivity contribution < 1.29 is 9.50 Å². The zero-order valence-electron chi connectivity index (χ0n) is 15.2. The van der Waals surface area contributed by atoms with E-state index in [1.807, 2.05) is 23.1 Å². The van der Waals surface area contributed by atoms with Gasteiger partial charge in [0.25, 0.3) is 0 Å². The quantitative estimate of drug-likeness (QED) is 0.561. The molecule has 6 nitrogen and oxygen atoms in total. The molecular weight excluding hydrogens is 369 g/mol. The first-order valence-corrected chi connectivity index (χ1v) is 9.05. The molecule has 7 heteroatoms. The molecule has 0 saturated heterocycles. The molecule has 1 aliphatic heterocycles. The van der Waals surface area contributed by atoms with Gasteiger partial charge >= 0.3 is 0 Å². The minimum atomic E-state index is -0.627. The average Bonchev–Trinajstić information content (AvgIpc) is 3.19. The number of hydrogen-bond donors (Lipinski definition) is 1. The van der Waals surface area contributed by atoms with Crippen molar-refractivity contribution in [2.75, 3.05) is 11.4 Å². The highest BCUT2D eigenvalue weighted by atomic mass is 19.1. The Morgan fingerprint density at radius 1 is 1.07 bits per heavy atom. The summed E-state index contributed by atoms with van der Waals surface area (Å²) in [6.45, 7) is 0.653. The van der Waals surface area contributed by atoms with E-state index in [4.69, 9.17) is 5.26 Å². The van der Waals surface area contributed by atoms with Crippen LogP contribution in [0, 0.1) is 17.1 Å². The van der Waals surface area contributed by atoms with E-state index < -0.39 is 5.82 Å². The summed E-state index contributed by atoms with van der Waals surface area (Å²) in [7, 11) is 0. The predicted octanol–water partition coefficient (Wildman–Crippen LogP) is 4.10. The fraction of sp³-hybridized carbons (Fsp3) is 0.0909. The molecule has 0 aliphatic carbocycles. The van der Waals surface area contributed by atoms with Gasteiger partial charge in [-0.2, -0.15) is 5.26 Å². The number of nitrogens with zero attached hydrogens (tertiary/aromatic N) is 5. The maximum atomic E-state index is 14.5. The molecule has 0 saturated carbocycles. The number of nitriles is 1. The van der Waals surface area contributed by atoms with Crippen LogP contribution in [0.5, 0.6) is 5.75 Å². The lowest BCUT2D eigenvalue weighted by Gasteiger charge is -2.20. The number of pyridine rings is 1. The molecule has 0 amide bonds. The number of fused-ring (bicyclic) bond motifs is 2. The number of rotatable bonds is 2. The summed E-state index contributed by atoms with van der Waals surface area (Å²) in [6.07, 6.45) is 3.66. The Morgan fingerprint density at radius 2 is 1.90 bits per heavy atom. The Hall–Kier alpha value is -4.05. The summed E-state index contributed by atoms with van der Waals surface area (Å²) >= 11 is 0. The van der Waals surface area contributed by atoms with Gasteiger partial charge < -0.3 is 10.0 Å². The zero-order chi connectivity index (χ0) is 20.0. The maximum absolute atomic E-state index is 14.5. The number of hydrogen-bond acceptors (Lipinski definition) is 6. The van der Waals surface area contributed by atoms with E-state index in [1.165, 1.54) is 18.6 Å². The van der Waals surface area contributed by atoms with Gasteiger partial charge in [0.2, 0.25) is 0 Å². The van der Waals surface area contributed by atoms with Crippen LogP contribution in [0.25, 0.3) is 22.2 Å². The first-order chi connectivity index (χ1) is 14.2. The molecule has 0 atom stereocenters. The monoisotopic (exact) mass is 383 g/mol. The van der Waals surface area contributed by atoms with Crippen LogP contribution in [0.3, 0.4) is 0 Å². The van der Waals surface area contributed by atoms with Crippen LogP contribution in [-0.2, 0) is 6.42 Å². The van der Waals surface area contributed by atoms with E-state index in [-0.39, 0.29) is 5.75 Å². The summed E-state index contributed by atoms with van der Waals surface area (Å²) in [4.78, 5) is 15.1. The van der Waals surface area contributed by atoms with Crippen molar-refractivity contribution in [3.05, 3.63) is 71.9 Å². The standard InChI is InChI=1S/C22H14FN5O/c23-20-16(4-2-6-19(20)29)14-3-1-5-18-15(14)7-8-28(18)22-21-17(26-12-27-22)9-13(10-24)11-25-21/h1-6,9,11-12,29H,7-8H2. The molecule has 0 unspecified atom stereocenters. The van der Waals surface area contributed by atoms with E-state index in [0.29, 0.717) is 40.9 Å². The van der Waals surface area contributed by atoms with Gasteiger partial charge in [-0.3, -0.25) is 0 Å². The molecule has 2 aromatic carbocycles. The topological polar surface area (TPSA) is 85.9 Å². The molecule has 0 radical (unpaired) electrons. The Kier molecular flexibility index (Phi) is 3.85. The second-order valence-electron chi connectivity index (χ2n) is 6.74.